The fraction of sp³-hybridized carbons (Fsp3) is 0.565. The molecule has 21 heteroatoms. The Morgan fingerprint density at radius 1 is 0.446 bits per heavy atom. The fourth-order valence-electron chi connectivity index (χ4n) is 16.3. The summed E-state index contributed by atoms with van der Waals surface area (Å²) in [5.74, 6) is -19.6. The number of benzene rings is 4. The normalized spacial score (nSPS) is 33.4. The molecule has 12 aliphatic rings. The van der Waals surface area contributed by atoms with E-state index in [0.29, 0.717) is 113 Å². The van der Waals surface area contributed by atoms with E-state index in [0.717, 1.165) is 52.6 Å². The standard InChI is InChI=1S/C14H20F2O3.2C12H16F2O3.2C12H9FS.ClH.Na/c1-2-19-12(17)14(15,16)13(18)10-4-8-3-9(6-10)7-11(13)5-8;2*13-12(14,10(15)16)11(17)8-2-6-1-7(4-8)5-9(11)3-6;2*13-10-6-8-12(9-7-10)14-11-4-2-1-3-5-11;;/h8-11,18H,2-7H2,1H3;2*6-9,17H,1-5H2,(H,15,16);2*1-9H;1H;/q;;;;;;+1/p-1. The van der Waals surface area contributed by atoms with Crippen molar-refractivity contribution in [3.63, 3.8) is 0 Å². The molecule has 448 valence electrons. The van der Waals surface area contributed by atoms with Gasteiger partial charge in [0.2, 0.25) is 0 Å². The van der Waals surface area contributed by atoms with E-state index in [2.05, 4.69) is 29.0 Å². The Kier molecular flexibility index (Phi) is 21.8. The van der Waals surface area contributed by atoms with E-state index in [1.54, 1.807) is 0 Å². The molecule has 0 unspecified atom stereocenters. The molecule has 12 fully saturated rings. The van der Waals surface area contributed by atoms with Crippen molar-refractivity contribution in [2.45, 2.75) is 157 Å². The van der Waals surface area contributed by atoms with Gasteiger partial charge in [0.1, 0.15) is 40.4 Å². The molecule has 4 aromatic carbocycles. The third kappa shape index (κ3) is 13.5. The number of carboxylic acids is 2. The van der Waals surface area contributed by atoms with Gasteiger partial charge in [0, 0.05) is 23.5 Å². The molecule has 0 radical (unpaired) electrons. The van der Waals surface area contributed by atoms with Crippen LogP contribution in [0.3, 0.4) is 0 Å². The topological polar surface area (TPSA) is 167 Å². The van der Waals surface area contributed by atoms with Gasteiger partial charge in [-0.05, 0) is 247 Å². The van der Waals surface area contributed by atoms with Gasteiger partial charge in [0.05, 0.1) is 6.61 Å². The van der Waals surface area contributed by atoms with Crippen molar-refractivity contribution < 1.29 is 122 Å². The van der Waals surface area contributed by atoms with Gasteiger partial charge in [-0.25, -0.2) is 13.6 Å². The average Bonchev–Trinajstić information content (AvgIpc) is 1.07. The molecule has 0 atom stereocenters. The van der Waals surface area contributed by atoms with Crippen molar-refractivity contribution in [3.05, 3.63) is 121 Å². The molecular weight excluding hydrogens is 1160 g/mol. The largest absolute Gasteiger partial charge is 1.00 e. The van der Waals surface area contributed by atoms with E-state index in [1.807, 2.05) is 60.7 Å². The predicted octanol–water partition coefficient (Wildman–Crippen LogP) is 3.61. The first kappa shape index (κ1) is 67.1. The van der Waals surface area contributed by atoms with Crippen molar-refractivity contribution in [2.75, 3.05) is 6.61 Å². The molecule has 0 aromatic heterocycles. The van der Waals surface area contributed by atoms with E-state index in [1.165, 1.54) is 41.0 Å². The first-order valence-electron chi connectivity index (χ1n) is 28.2. The Hall–Kier alpha value is -3.40. The molecule has 12 bridgehead atoms. The van der Waals surface area contributed by atoms with Gasteiger partial charge < -0.3 is 52.3 Å². The first-order valence-corrected chi connectivity index (χ1v) is 30.0. The second-order valence-corrected chi connectivity index (χ2v) is 26.8. The maximum absolute atomic E-state index is 14.4. The Morgan fingerprint density at radius 3 is 0.904 bits per heavy atom. The fourth-order valence-corrected chi connectivity index (χ4v) is 18.1. The summed E-state index contributed by atoms with van der Waals surface area (Å²) in [5.41, 5.74) is -6.94. The van der Waals surface area contributed by atoms with Crippen molar-refractivity contribution in [2.24, 2.45) is 71.0 Å². The first-order chi connectivity index (χ1) is 38.3. The Balaban J connectivity index is 0.000000149. The minimum absolute atomic E-state index is 0. The van der Waals surface area contributed by atoms with Gasteiger partial charge in [-0.1, -0.05) is 36.4 Å². The molecule has 0 aliphatic heterocycles. The molecule has 12 aliphatic carbocycles. The van der Waals surface area contributed by atoms with Crippen LogP contribution in [-0.2, 0) is 42.6 Å². The summed E-state index contributed by atoms with van der Waals surface area (Å²) in [7, 11) is 0. The van der Waals surface area contributed by atoms with Crippen LogP contribution in [0.1, 0.15) is 103 Å². The molecule has 0 saturated heterocycles. The minimum Gasteiger partial charge on any atom is -1.00 e. The summed E-state index contributed by atoms with van der Waals surface area (Å²) in [5, 5.41) is 52.6. The number of thiol groups is 2. The van der Waals surface area contributed by atoms with Crippen molar-refractivity contribution in [3.8, 4) is 0 Å². The van der Waals surface area contributed by atoms with E-state index in [4.69, 9.17) is 0 Å². The molecule has 4 aromatic rings. The zero-order valence-corrected chi connectivity index (χ0v) is 50.8. The monoisotopic (exact) mass is 1230 g/mol. The van der Waals surface area contributed by atoms with Gasteiger partial charge in [0.25, 0.3) is 0 Å². The summed E-state index contributed by atoms with van der Waals surface area (Å²) >= 11 is 2.24. The van der Waals surface area contributed by atoms with Crippen LogP contribution in [0.4, 0.5) is 35.1 Å². The van der Waals surface area contributed by atoms with Gasteiger partial charge in [-0.15, -0.1) is 0 Å². The molecule has 9 nitrogen and oxygen atoms in total. The van der Waals surface area contributed by atoms with Crippen molar-refractivity contribution in [1.82, 2.24) is 0 Å². The predicted molar refractivity (Wildman–Crippen MR) is 284 cm³/mol. The summed E-state index contributed by atoms with van der Waals surface area (Å²) < 4.78 is 114. The molecule has 3 N–H and O–H groups in total. The van der Waals surface area contributed by atoms with E-state index in [-0.39, 0.29) is 60.2 Å². The number of aliphatic carboxylic acids is 2. The molecule has 16 rings (SSSR count). The van der Waals surface area contributed by atoms with Crippen molar-refractivity contribution in [1.29, 1.82) is 0 Å². The Morgan fingerprint density at radius 2 is 0.675 bits per heavy atom. The van der Waals surface area contributed by atoms with Crippen LogP contribution in [0.15, 0.2) is 129 Å². The Labute approximate surface area is 515 Å². The number of ether oxygens (including phenoxy) is 1. The van der Waals surface area contributed by atoms with Crippen molar-refractivity contribution >= 4 is 41.4 Å². The van der Waals surface area contributed by atoms with Crippen LogP contribution in [0.25, 0.3) is 0 Å². The third-order valence-electron chi connectivity index (χ3n) is 19.4. The summed E-state index contributed by atoms with van der Waals surface area (Å²) in [4.78, 5) is 37.5. The van der Waals surface area contributed by atoms with E-state index < -0.39 is 88.0 Å². The number of hydrogen-bond donors (Lipinski definition) is 3. The van der Waals surface area contributed by atoms with Crippen LogP contribution in [0.2, 0.25) is 0 Å². The number of alkyl halides is 6. The van der Waals surface area contributed by atoms with E-state index >= 15 is 0 Å². The SMILES string of the molecule is CCOC(=O)C(F)(F)C1(O)C2CC3CC(C2)CC1C3.Fc1ccc([SH+]c2ccccc2)cc1.Fc1ccc([SH+]c2ccccc2)cc1.O=C([O-])C(F)(F)C1(O)C2CC3CC(C2)CC1C3.O=C([O-])C(F)(F)C1(O)C2CC3CC(C2)CC1C3.[Cl-].[Na+]. The average molecular weight is 1230 g/mol. The molecule has 83 heavy (non-hydrogen) atoms. The number of aliphatic hydroxyl groups is 3. The van der Waals surface area contributed by atoms with Crippen LogP contribution in [-0.4, -0.2) is 74.4 Å². The molecular formula is C62H70ClF8NaO9S2. The number of esters is 1. The van der Waals surface area contributed by atoms with Gasteiger partial charge >= 0.3 is 53.3 Å². The number of carboxylic acid groups (broad SMARTS) is 2. The molecule has 12 saturated carbocycles. The third-order valence-corrected chi connectivity index (χ3v) is 21.6. The number of halogens is 9. The van der Waals surface area contributed by atoms with Crippen LogP contribution in [0, 0.1) is 82.6 Å². The summed E-state index contributed by atoms with van der Waals surface area (Å²) in [6.45, 7) is 1.40. The Bertz CT molecular complexity index is 2590. The minimum atomic E-state index is -4.13. The number of carbonyl (C=O) groups is 3. The van der Waals surface area contributed by atoms with Crippen LogP contribution in [0.5, 0.6) is 0 Å². The second kappa shape index (κ2) is 26.9. The maximum atomic E-state index is 14.4. The molecule has 0 amide bonds. The smallest absolute Gasteiger partial charge is 1.00 e. The zero-order chi connectivity index (χ0) is 58.3. The van der Waals surface area contributed by atoms with Crippen LogP contribution >= 0.6 is 0 Å². The van der Waals surface area contributed by atoms with Gasteiger partial charge in [-0.3, -0.25) is 0 Å². The molecule has 0 spiro atoms. The maximum Gasteiger partial charge on any atom is 1.00 e. The number of hydrogen-bond acceptors (Lipinski definition) is 9. The summed E-state index contributed by atoms with van der Waals surface area (Å²) in [6.07, 6.45) is 9.98. The molecule has 0 heterocycles. The van der Waals surface area contributed by atoms with Crippen LogP contribution < -0.4 is 52.2 Å². The second-order valence-electron chi connectivity index (χ2n) is 24.3. The number of rotatable bonds is 11. The zero-order valence-electron chi connectivity index (χ0n) is 46.2. The van der Waals surface area contributed by atoms with E-state index in [9.17, 15) is 75.0 Å². The summed E-state index contributed by atoms with van der Waals surface area (Å²) in [6, 6.07) is 33.4. The van der Waals surface area contributed by atoms with Gasteiger partial charge in [0.15, 0.2) is 19.6 Å². The van der Waals surface area contributed by atoms with Gasteiger partial charge in [-0.2, -0.15) is 26.3 Å². The quantitative estimate of drug-likeness (QED) is 0.0669. The number of carbonyl (C=O) groups excluding carboxylic acids is 3.